The molecule has 1 spiro atoms. The molecule has 0 aromatic carbocycles. The molecule has 1 N–H and O–H groups in total. The molecule has 4 rings (SSSR count). The number of ether oxygens (including phenoxy) is 1. The van der Waals surface area contributed by atoms with E-state index in [1.165, 1.54) is 6.07 Å². The highest BCUT2D eigenvalue weighted by Crippen LogP contribution is 2.36. The maximum absolute atomic E-state index is 13.8. The third-order valence-corrected chi connectivity index (χ3v) is 4.96. The summed E-state index contributed by atoms with van der Waals surface area (Å²) < 4.78 is 20.0. The first-order chi connectivity index (χ1) is 12.1. The second kappa shape index (κ2) is 6.55. The largest absolute Gasteiger partial charge is 0.371 e. The van der Waals surface area contributed by atoms with E-state index >= 15 is 0 Å². The van der Waals surface area contributed by atoms with E-state index in [2.05, 4.69) is 25.4 Å². The Kier molecular flexibility index (Phi) is 4.25. The second-order valence-corrected chi connectivity index (χ2v) is 6.93. The normalized spacial score (nSPS) is 26.2. The van der Waals surface area contributed by atoms with Crippen molar-refractivity contribution in [2.45, 2.75) is 37.8 Å². The first-order valence-electron chi connectivity index (χ1n) is 8.70. The lowest BCUT2D eigenvalue weighted by atomic mass is 9.88. The van der Waals surface area contributed by atoms with E-state index in [1.807, 2.05) is 19.1 Å². The van der Waals surface area contributed by atoms with Crippen LogP contribution in [0.25, 0.3) is 0 Å². The van der Waals surface area contributed by atoms with Gasteiger partial charge in [0.25, 0.3) is 0 Å². The molecule has 0 amide bonds. The van der Waals surface area contributed by atoms with Gasteiger partial charge in [0.2, 0.25) is 0 Å². The molecule has 2 aromatic rings. The van der Waals surface area contributed by atoms with Crippen LogP contribution in [0.4, 0.5) is 16.0 Å². The number of aryl methyl sites for hydroxylation is 1. The van der Waals surface area contributed by atoms with Gasteiger partial charge >= 0.3 is 0 Å². The zero-order chi connectivity index (χ0) is 17.3. The zero-order valence-electron chi connectivity index (χ0n) is 14.3. The minimum absolute atomic E-state index is 0.0634. The number of aromatic nitrogens is 3. The van der Waals surface area contributed by atoms with Gasteiger partial charge in [-0.15, -0.1) is 5.10 Å². The first kappa shape index (κ1) is 16.2. The van der Waals surface area contributed by atoms with Gasteiger partial charge in [-0.3, -0.25) is 0 Å². The van der Waals surface area contributed by atoms with Gasteiger partial charge in [0, 0.05) is 25.7 Å². The fourth-order valence-electron chi connectivity index (χ4n) is 3.76. The second-order valence-electron chi connectivity index (χ2n) is 6.93. The van der Waals surface area contributed by atoms with Crippen molar-refractivity contribution in [1.29, 1.82) is 0 Å². The summed E-state index contributed by atoms with van der Waals surface area (Å²) in [6.45, 7) is 4.23. The van der Waals surface area contributed by atoms with Crippen molar-refractivity contribution in [3.63, 3.8) is 0 Å². The lowest BCUT2D eigenvalue weighted by Gasteiger charge is -2.40. The topological polar surface area (TPSA) is 63.2 Å². The van der Waals surface area contributed by atoms with Crippen LogP contribution in [-0.2, 0) is 4.74 Å². The predicted octanol–water partition coefficient (Wildman–Crippen LogP) is 2.56. The van der Waals surface area contributed by atoms with Crippen LogP contribution in [0.5, 0.6) is 0 Å². The van der Waals surface area contributed by atoms with Crippen LogP contribution >= 0.6 is 0 Å². The smallest absolute Gasteiger partial charge is 0.165 e. The molecular formula is C18H22FN5O. The number of hydrogen-bond acceptors (Lipinski definition) is 6. The summed E-state index contributed by atoms with van der Waals surface area (Å²) in [4.78, 5) is 6.31. The monoisotopic (exact) mass is 343 g/mol. The molecule has 0 saturated carbocycles. The number of hydrogen-bond donors (Lipinski definition) is 1. The van der Waals surface area contributed by atoms with E-state index in [4.69, 9.17) is 4.74 Å². The molecule has 2 aromatic heterocycles. The number of pyridine rings is 1. The molecule has 132 valence electrons. The summed E-state index contributed by atoms with van der Waals surface area (Å²) in [5.74, 6) is 0.856. The molecule has 2 fully saturated rings. The summed E-state index contributed by atoms with van der Waals surface area (Å²) >= 11 is 0. The van der Waals surface area contributed by atoms with Gasteiger partial charge in [0.05, 0.1) is 23.9 Å². The molecule has 6 nitrogen and oxygen atoms in total. The first-order valence-corrected chi connectivity index (χ1v) is 8.70. The quantitative estimate of drug-likeness (QED) is 0.924. The molecule has 4 heterocycles. The highest BCUT2D eigenvalue weighted by atomic mass is 19.1. The molecule has 2 aliphatic rings. The van der Waals surface area contributed by atoms with Crippen molar-refractivity contribution in [3.05, 3.63) is 42.0 Å². The number of nitrogens with zero attached hydrogens (tertiary/aromatic N) is 4. The Morgan fingerprint density at radius 1 is 1.32 bits per heavy atom. The van der Waals surface area contributed by atoms with E-state index in [1.54, 1.807) is 12.3 Å². The summed E-state index contributed by atoms with van der Waals surface area (Å²) in [5.41, 5.74) is 0.697. The Hall–Kier alpha value is -2.28. The Balaban J connectivity index is 1.44. The zero-order valence-corrected chi connectivity index (χ0v) is 14.3. The van der Waals surface area contributed by atoms with Crippen molar-refractivity contribution < 1.29 is 9.13 Å². The Labute approximate surface area is 146 Å². The SMILES string of the molecule is Cc1ccc(N2CCCC3(CC(Nc4ncccc4F)CO3)C2)nn1. The van der Waals surface area contributed by atoms with Gasteiger partial charge in [-0.25, -0.2) is 9.37 Å². The minimum atomic E-state index is -0.330. The number of rotatable bonds is 3. The lowest BCUT2D eigenvalue weighted by Crippen LogP contribution is -2.48. The maximum Gasteiger partial charge on any atom is 0.165 e. The van der Waals surface area contributed by atoms with Gasteiger partial charge in [-0.1, -0.05) is 0 Å². The molecule has 0 aliphatic carbocycles. The van der Waals surface area contributed by atoms with E-state index in [0.717, 1.165) is 43.9 Å². The third-order valence-electron chi connectivity index (χ3n) is 4.96. The molecule has 7 heteroatoms. The fourth-order valence-corrected chi connectivity index (χ4v) is 3.76. The number of piperidine rings is 1. The van der Waals surface area contributed by atoms with Crippen LogP contribution in [0, 0.1) is 12.7 Å². The van der Waals surface area contributed by atoms with Crippen LogP contribution in [-0.4, -0.2) is 46.5 Å². The number of nitrogens with one attached hydrogen (secondary N) is 1. The van der Waals surface area contributed by atoms with Gasteiger partial charge in [-0.05, 0) is 44.0 Å². The van der Waals surface area contributed by atoms with Crippen LogP contribution in [0.2, 0.25) is 0 Å². The van der Waals surface area contributed by atoms with E-state index in [-0.39, 0.29) is 17.5 Å². The van der Waals surface area contributed by atoms with Crippen molar-refractivity contribution in [2.75, 3.05) is 29.9 Å². The summed E-state index contributed by atoms with van der Waals surface area (Å²) in [7, 11) is 0. The van der Waals surface area contributed by atoms with E-state index in [0.29, 0.717) is 12.4 Å². The number of anilines is 2. The highest BCUT2D eigenvalue weighted by molar-refractivity contribution is 5.40. The molecule has 0 radical (unpaired) electrons. The van der Waals surface area contributed by atoms with Crippen LogP contribution in [0.3, 0.4) is 0 Å². The van der Waals surface area contributed by atoms with Crippen molar-refractivity contribution in [1.82, 2.24) is 15.2 Å². The van der Waals surface area contributed by atoms with Crippen LogP contribution in [0.1, 0.15) is 25.0 Å². The Morgan fingerprint density at radius 3 is 3.04 bits per heavy atom. The standard InChI is InChI=1S/C18H22FN5O/c1-13-5-6-16(23-22-13)24-9-3-7-18(12-24)10-14(11-25-18)21-17-15(19)4-2-8-20-17/h2,4-6,8,14H,3,7,9-12H2,1H3,(H,20,21). The maximum atomic E-state index is 13.8. The van der Waals surface area contributed by atoms with Gasteiger partial charge in [-0.2, -0.15) is 5.10 Å². The molecule has 2 unspecified atom stereocenters. The van der Waals surface area contributed by atoms with E-state index < -0.39 is 0 Å². The summed E-state index contributed by atoms with van der Waals surface area (Å²) in [6.07, 6.45) is 4.47. The lowest BCUT2D eigenvalue weighted by molar-refractivity contribution is -0.00654. The van der Waals surface area contributed by atoms with Gasteiger partial charge in [0.15, 0.2) is 17.5 Å². The van der Waals surface area contributed by atoms with Gasteiger partial charge in [0.1, 0.15) is 0 Å². The molecule has 2 saturated heterocycles. The Morgan fingerprint density at radius 2 is 2.24 bits per heavy atom. The molecule has 25 heavy (non-hydrogen) atoms. The van der Waals surface area contributed by atoms with Crippen molar-refractivity contribution >= 4 is 11.6 Å². The molecule has 2 aliphatic heterocycles. The average Bonchev–Trinajstić information content (AvgIpc) is 2.99. The minimum Gasteiger partial charge on any atom is -0.371 e. The van der Waals surface area contributed by atoms with Crippen molar-refractivity contribution in [2.24, 2.45) is 0 Å². The fraction of sp³-hybridized carbons (Fsp3) is 0.500. The predicted molar refractivity (Wildman–Crippen MR) is 93.1 cm³/mol. The Bertz CT molecular complexity index is 741. The summed E-state index contributed by atoms with van der Waals surface area (Å²) in [5, 5.41) is 11.6. The average molecular weight is 343 g/mol. The number of halogens is 1. The van der Waals surface area contributed by atoms with Crippen molar-refractivity contribution in [3.8, 4) is 0 Å². The summed E-state index contributed by atoms with van der Waals surface area (Å²) in [6, 6.07) is 7.06. The van der Waals surface area contributed by atoms with Gasteiger partial charge < -0.3 is 15.0 Å². The van der Waals surface area contributed by atoms with Crippen LogP contribution < -0.4 is 10.2 Å². The van der Waals surface area contributed by atoms with E-state index in [9.17, 15) is 4.39 Å². The van der Waals surface area contributed by atoms with Crippen LogP contribution in [0.15, 0.2) is 30.5 Å². The molecular weight excluding hydrogens is 321 g/mol. The highest BCUT2D eigenvalue weighted by Gasteiger charge is 2.44. The molecule has 0 bridgehead atoms. The third kappa shape index (κ3) is 3.42. The molecule has 2 atom stereocenters.